The average Bonchev–Trinajstić information content (AvgIpc) is 2.34. The van der Waals surface area contributed by atoms with Gasteiger partial charge in [-0.1, -0.05) is 20.3 Å². The van der Waals surface area contributed by atoms with Gasteiger partial charge >= 0.3 is 0 Å². The highest BCUT2D eigenvalue weighted by molar-refractivity contribution is 7.89. The average molecular weight is 293 g/mol. The summed E-state index contributed by atoms with van der Waals surface area (Å²) >= 11 is 0. The number of rotatable bonds is 6. The molecule has 0 saturated heterocycles. The molecular formula is C12H17F2NO3S. The maximum atomic E-state index is 13.5. The molecule has 0 aromatic heterocycles. The summed E-state index contributed by atoms with van der Waals surface area (Å²) in [5.74, 6) is -2.12. The molecule has 2 atom stereocenters. The van der Waals surface area contributed by atoms with Crippen molar-refractivity contribution in [3.63, 3.8) is 0 Å². The fourth-order valence-electron chi connectivity index (χ4n) is 1.57. The minimum Gasteiger partial charge on any atom is -0.395 e. The van der Waals surface area contributed by atoms with Gasteiger partial charge in [-0.15, -0.1) is 0 Å². The summed E-state index contributed by atoms with van der Waals surface area (Å²) in [6.07, 6.45) is 0.652. The highest BCUT2D eigenvalue weighted by Crippen LogP contribution is 2.17. The summed E-state index contributed by atoms with van der Waals surface area (Å²) in [4.78, 5) is -0.629. The number of hydrogen-bond donors (Lipinski definition) is 2. The number of hydrogen-bond acceptors (Lipinski definition) is 3. The Morgan fingerprint density at radius 3 is 2.47 bits per heavy atom. The maximum Gasteiger partial charge on any atom is 0.243 e. The molecule has 0 spiro atoms. The molecule has 0 aliphatic heterocycles. The smallest absolute Gasteiger partial charge is 0.243 e. The second-order valence-electron chi connectivity index (χ2n) is 4.37. The van der Waals surface area contributed by atoms with Crippen LogP contribution in [0.2, 0.25) is 0 Å². The van der Waals surface area contributed by atoms with Crippen molar-refractivity contribution in [2.24, 2.45) is 5.92 Å². The molecule has 19 heavy (non-hydrogen) atoms. The van der Waals surface area contributed by atoms with Crippen molar-refractivity contribution in [2.75, 3.05) is 6.61 Å². The number of benzene rings is 1. The van der Waals surface area contributed by atoms with Crippen LogP contribution in [-0.4, -0.2) is 26.2 Å². The zero-order valence-corrected chi connectivity index (χ0v) is 11.5. The molecule has 1 aromatic rings. The summed E-state index contributed by atoms with van der Waals surface area (Å²) in [6, 6.07) is 1.53. The molecule has 108 valence electrons. The Morgan fingerprint density at radius 1 is 1.37 bits per heavy atom. The van der Waals surface area contributed by atoms with Crippen LogP contribution in [0.1, 0.15) is 20.3 Å². The van der Waals surface area contributed by atoms with Crippen LogP contribution in [0.4, 0.5) is 8.78 Å². The van der Waals surface area contributed by atoms with E-state index in [9.17, 15) is 22.3 Å². The summed E-state index contributed by atoms with van der Waals surface area (Å²) in [6.45, 7) is 3.22. The van der Waals surface area contributed by atoms with E-state index in [2.05, 4.69) is 4.72 Å². The molecule has 2 N–H and O–H groups in total. The van der Waals surface area contributed by atoms with Gasteiger partial charge < -0.3 is 5.11 Å². The first-order chi connectivity index (χ1) is 8.81. The van der Waals surface area contributed by atoms with Crippen molar-refractivity contribution in [2.45, 2.75) is 31.2 Å². The SMILES string of the molecule is CCC(C)C(CO)NS(=O)(=O)c1ccc(F)cc1F. The summed E-state index contributed by atoms with van der Waals surface area (Å²) < 4.78 is 52.4. The van der Waals surface area contributed by atoms with Crippen molar-refractivity contribution >= 4 is 10.0 Å². The standard InChI is InChI=1S/C12H17F2NO3S/c1-3-8(2)11(7-16)15-19(17,18)12-5-4-9(13)6-10(12)14/h4-6,8,11,15-16H,3,7H2,1-2H3. The van der Waals surface area contributed by atoms with Crippen LogP contribution >= 0.6 is 0 Å². The quantitative estimate of drug-likeness (QED) is 0.838. The largest absolute Gasteiger partial charge is 0.395 e. The lowest BCUT2D eigenvalue weighted by atomic mass is 10.0. The Bertz CT molecular complexity index is 534. The molecule has 1 rings (SSSR count). The molecule has 0 fully saturated rings. The lowest BCUT2D eigenvalue weighted by molar-refractivity contribution is 0.219. The van der Waals surface area contributed by atoms with Gasteiger partial charge in [-0.25, -0.2) is 21.9 Å². The highest BCUT2D eigenvalue weighted by atomic mass is 32.2. The zero-order chi connectivity index (χ0) is 14.6. The van der Waals surface area contributed by atoms with Gasteiger partial charge in [-0.05, 0) is 18.1 Å². The molecule has 7 heteroatoms. The number of nitrogens with one attached hydrogen (secondary N) is 1. The van der Waals surface area contributed by atoms with E-state index in [-0.39, 0.29) is 5.92 Å². The zero-order valence-electron chi connectivity index (χ0n) is 10.7. The van der Waals surface area contributed by atoms with Gasteiger partial charge in [-0.3, -0.25) is 0 Å². The first-order valence-corrected chi connectivity index (χ1v) is 7.38. The van der Waals surface area contributed by atoms with Crippen molar-refractivity contribution in [1.82, 2.24) is 4.72 Å². The lowest BCUT2D eigenvalue weighted by Gasteiger charge is -2.22. The molecule has 0 aliphatic carbocycles. The molecular weight excluding hydrogens is 276 g/mol. The molecule has 1 aromatic carbocycles. The van der Waals surface area contributed by atoms with E-state index in [1.54, 1.807) is 6.92 Å². The molecule has 0 saturated carbocycles. The Balaban J connectivity index is 3.04. The van der Waals surface area contributed by atoms with E-state index < -0.39 is 39.2 Å². The third kappa shape index (κ3) is 3.95. The molecule has 0 radical (unpaired) electrons. The summed E-state index contributed by atoms with van der Waals surface area (Å²) in [5, 5.41) is 9.17. The van der Waals surface area contributed by atoms with E-state index in [0.717, 1.165) is 12.1 Å². The van der Waals surface area contributed by atoms with E-state index in [0.29, 0.717) is 12.5 Å². The first kappa shape index (κ1) is 16.0. The van der Waals surface area contributed by atoms with Crippen molar-refractivity contribution in [3.8, 4) is 0 Å². The Hall–Kier alpha value is -1.05. The summed E-state index contributed by atoms with van der Waals surface area (Å²) in [7, 11) is -4.13. The van der Waals surface area contributed by atoms with Gasteiger partial charge in [-0.2, -0.15) is 0 Å². The van der Waals surface area contributed by atoms with Crippen LogP contribution in [0.5, 0.6) is 0 Å². The van der Waals surface area contributed by atoms with Crippen molar-refractivity contribution in [3.05, 3.63) is 29.8 Å². The molecule has 4 nitrogen and oxygen atoms in total. The third-order valence-corrected chi connectivity index (χ3v) is 4.54. The van der Waals surface area contributed by atoms with Gasteiger partial charge in [0.15, 0.2) is 0 Å². The third-order valence-electron chi connectivity index (χ3n) is 3.02. The van der Waals surface area contributed by atoms with Crippen molar-refractivity contribution < 1.29 is 22.3 Å². The Kier molecular flexibility index (Phi) is 5.39. The minimum absolute atomic E-state index is 0.108. The van der Waals surface area contributed by atoms with Gasteiger partial charge in [0, 0.05) is 12.1 Å². The van der Waals surface area contributed by atoms with Crippen LogP contribution in [0, 0.1) is 17.6 Å². The van der Waals surface area contributed by atoms with Crippen LogP contribution in [0.3, 0.4) is 0 Å². The topological polar surface area (TPSA) is 66.4 Å². The normalized spacial score (nSPS) is 15.2. The predicted molar refractivity (Wildman–Crippen MR) is 67.0 cm³/mol. The maximum absolute atomic E-state index is 13.5. The van der Waals surface area contributed by atoms with Crippen LogP contribution in [0.15, 0.2) is 23.1 Å². The minimum atomic E-state index is -4.13. The monoisotopic (exact) mass is 293 g/mol. The summed E-state index contributed by atoms with van der Waals surface area (Å²) in [5.41, 5.74) is 0. The predicted octanol–water partition coefficient (Wildman–Crippen LogP) is 1.65. The van der Waals surface area contributed by atoms with Crippen molar-refractivity contribution in [1.29, 1.82) is 0 Å². The Morgan fingerprint density at radius 2 is 2.00 bits per heavy atom. The molecule has 0 heterocycles. The second kappa shape index (κ2) is 6.40. The number of aliphatic hydroxyl groups excluding tert-OH is 1. The number of aliphatic hydroxyl groups is 1. The lowest BCUT2D eigenvalue weighted by Crippen LogP contribution is -2.42. The number of halogens is 2. The fourth-order valence-corrected chi connectivity index (χ4v) is 2.97. The van der Waals surface area contributed by atoms with Gasteiger partial charge in [0.1, 0.15) is 16.5 Å². The van der Waals surface area contributed by atoms with Crippen LogP contribution in [0.25, 0.3) is 0 Å². The molecule has 2 unspecified atom stereocenters. The number of sulfonamides is 1. The van der Waals surface area contributed by atoms with Gasteiger partial charge in [0.05, 0.1) is 6.61 Å². The van der Waals surface area contributed by atoms with E-state index in [1.807, 2.05) is 6.92 Å². The van der Waals surface area contributed by atoms with Gasteiger partial charge in [0.25, 0.3) is 0 Å². The fraction of sp³-hybridized carbons (Fsp3) is 0.500. The van der Waals surface area contributed by atoms with E-state index >= 15 is 0 Å². The Labute approximate surface area is 111 Å². The molecule has 0 aliphatic rings. The highest BCUT2D eigenvalue weighted by Gasteiger charge is 2.25. The van der Waals surface area contributed by atoms with Crippen LogP contribution < -0.4 is 4.72 Å². The second-order valence-corrected chi connectivity index (χ2v) is 6.05. The van der Waals surface area contributed by atoms with Gasteiger partial charge in [0.2, 0.25) is 10.0 Å². The van der Waals surface area contributed by atoms with Crippen LogP contribution in [-0.2, 0) is 10.0 Å². The first-order valence-electron chi connectivity index (χ1n) is 5.90. The molecule has 0 amide bonds. The molecule has 0 bridgehead atoms. The van der Waals surface area contributed by atoms with E-state index in [1.165, 1.54) is 0 Å². The van der Waals surface area contributed by atoms with E-state index in [4.69, 9.17) is 0 Å².